The minimum absolute atomic E-state index is 0. The van der Waals surface area contributed by atoms with Crippen LogP contribution in [0.15, 0.2) is 48.6 Å². The predicted molar refractivity (Wildman–Crippen MR) is 82.4 cm³/mol. The van der Waals surface area contributed by atoms with Crippen LogP contribution < -0.4 is 24.8 Å². The van der Waals surface area contributed by atoms with E-state index in [0.717, 1.165) is 6.42 Å². The van der Waals surface area contributed by atoms with Crippen molar-refractivity contribution in [1.82, 2.24) is 0 Å². The fourth-order valence-electron chi connectivity index (χ4n) is 2.35. The van der Waals surface area contributed by atoms with Crippen LogP contribution >= 0.6 is 0 Å². The number of halogens is 2. The first-order chi connectivity index (χ1) is 9.09. The van der Waals surface area contributed by atoms with Gasteiger partial charge in [-0.2, -0.15) is 0 Å². The van der Waals surface area contributed by atoms with Crippen molar-refractivity contribution in [2.24, 2.45) is 0 Å². The van der Waals surface area contributed by atoms with Gasteiger partial charge in [-0.05, 0) is 6.42 Å². The van der Waals surface area contributed by atoms with Crippen LogP contribution in [0.2, 0.25) is 0 Å². The molecule has 0 radical (unpaired) electrons. The van der Waals surface area contributed by atoms with E-state index in [4.69, 9.17) is 0 Å². The molecule has 0 unspecified atom stereocenters. The summed E-state index contributed by atoms with van der Waals surface area (Å²) < 4.78 is 1.51. The normalized spacial score (nSPS) is 12.0. The number of aryl methyl sites for hydroxylation is 1. The summed E-state index contributed by atoms with van der Waals surface area (Å²) in [6, 6.07) is 10.9. The molecule has 0 amide bonds. The molecule has 1 aliphatic carbocycles. The van der Waals surface area contributed by atoms with Crippen LogP contribution in [0, 0.1) is 6.92 Å². The Labute approximate surface area is 154 Å². The van der Waals surface area contributed by atoms with E-state index < -0.39 is 0 Å². The summed E-state index contributed by atoms with van der Waals surface area (Å²) in [5.41, 5.74) is 4.28. The number of fused-ring (bicyclic) bond motifs is 1. The second kappa shape index (κ2) is 9.62. The summed E-state index contributed by atoms with van der Waals surface area (Å²) in [6.45, 7) is 6.47. The van der Waals surface area contributed by atoms with Crippen molar-refractivity contribution in [3.05, 3.63) is 59.7 Å². The van der Waals surface area contributed by atoms with Crippen LogP contribution in [0.3, 0.4) is 0 Å². The van der Waals surface area contributed by atoms with Gasteiger partial charge in [0.15, 0.2) is 0 Å². The monoisotopic (exact) mass is 395 g/mol. The Bertz CT molecular complexity index is 659. The molecule has 2 aromatic rings. The van der Waals surface area contributed by atoms with Gasteiger partial charge in [0.1, 0.15) is 0 Å². The molecule has 1 aliphatic rings. The van der Waals surface area contributed by atoms with Crippen molar-refractivity contribution in [2.45, 2.75) is 27.2 Å². The van der Waals surface area contributed by atoms with E-state index in [9.17, 15) is 0 Å². The van der Waals surface area contributed by atoms with Crippen molar-refractivity contribution in [3.8, 4) is 0 Å². The van der Waals surface area contributed by atoms with Crippen molar-refractivity contribution in [1.29, 1.82) is 0 Å². The number of benzene rings is 1. The Morgan fingerprint density at radius 3 is 2.29 bits per heavy atom. The molecule has 3 rings (SSSR count). The fourth-order valence-corrected chi connectivity index (χ4v) is 2.35. The average molecular weight is 397 g/mol. The Kier molecular flexibility index (Phi) is 9.45. The summed E-state index contributed by atoms with van der Waals surface area (Å²) in [5.74, 6) is 0. The smallest absolute Gasteiger partial charge is 0.0365 e. The molecule has 0 saturated heterocycles. The summed E-state index contributed by atoms with van der Waals surface area (Å²) in [4.78, 5) is 0. The van der Waals surface area contributed by atoms with Gasteiger partial charge in [-0.3, -0.25) is 0 Å². The Morgan fingerprint density at radius 1 is 1.14 bits per heavy atom. The van der Waals surface area contributed by atoms with E-state index in [2.05, 4.69) is 69.3 Å². The van der Waals surface area contributed by atoms with Crippen molar-refractivity contribution in [3.63, 3.8) is 0 Å². The Balaban J connectivity index is 0.000000602. The molecule has 2 aromatic carbocycles. The van der Waals surface area contributed by atoms with Crippen LogP contribution in [-0.4, -0.2) is 3.21 Å². The number of rotatable bonds is 1. The largest absolute Gasteiger partial charge is 1.00 e. The van der Waals surface area contributed by atoms with Crippen molar-refractivity contribution < 1.29 is 49.0 Å². The third-order valence-corrected chi connectivity index (χ3v) is 3.19. The summed E-state index contributed by atoms with van der Waals surface area (Å²) >= 11 is 1.55. The Morgan fingerprint density at radius 2 is 1.76 bits per heavy atom. The van der Waals surface area contributed by atoms with Gasteiger partial charge in [0, 0.05) is 0 Å². The molecule has 0 aromatic heterocycles. The van der Waals surface area contributed by atoms with Gasteiger partial charge >= 0.3 is 41.3 Å². The van der Waals surface area contributed by atoms with Crippen LogP contribution in [0.4, 0.5) is 0 Å². The van der Waals surface area contributed by atoms with Gasteiger partial charge < -0.3 is 24.8 Å². The molecule has 0 spiro atoms. The molecule has 0 heterocycles. The zero-order chi connectivity index (χ0) is 13.8. The van der Waals surface area contributed by atoms with Crippen LogP contribution in [0.25, 0.3) is 16.3 Å². The minimum atomic E-state index is 0. The third kappa shape index (κ3) is 5.40. The first kappa shape index (κ1) is 20.6. The van der Waals surface area contributed by atoms with Gasteiger partial charge in [0.2, 0.25) is 0 Å². The van der Waals surface area contributed by atoms with Crippen LogP contribution in [0.5, 0.6) is 0 Å². The van der Waals surface area contributed by atoms with Gasteiger partial charge in [0.05, 0.1) is 0 Å². The SMILES string of the molecule is C[C](C)=[Zr+2].Cc1c(C2=CC=CC2)[cH-]c2ccccc12.[Cl-].[Cl-]. The molecule has 21 heavy (non-hydrogen) atoms. The van der Waals surface area contributed by atoms with Crippen molar-refractivity contribution in [2.75, 3.05) is 0 Å². The molecular weight excluding hydrogens is 378 g/mol. The summed E-state index contributed by atoms with van der Waals surface area (Å²) in [6.07, 6.45) is 7.66. The van der Waals surface area contributed by atoms with E-state index in [-0.39, 0.29) is 24.8 Å². The second-order valence-electron chi connectivity index (χ2n) is 5.09. The molecule has 0 nitrogen and oxygen atoms in total. The summed E-state index contributed by atoms with van der Waals surface area (Å²) in [5, 5.41) is 2.75. The standard InChI is InChI=1S/C15H13.C3H6.2ClH.Zr/c1-11-14-9-5-4-8-13(14)10-15(11)12-6-2-3-7-12;1-3-2;;;/h2-6,8-10H,7H2,1H3;1-2H3;2*1H;/q-1;;;;+2/p-2. The van der Waals surface area contributed by atoms with E-state index in [1.165, 1.54) is 30.7 Å². The quantitative estimate of drug-likeness (QED) is 0.540. The van der Waals surface area contributed by atoms with Gasteiger partial charge in [-0.15, -0.1) is 39.6 Å². The molecule has 110 valence electrons. The van der Waals surface area contributed by atoms with E-state index in [0.29, 0.717) is 0 Å². The van der Waals surface area contributed by atoms with E-state index in [1.54, 1.807) is 24.2 Å². The Hall–Kier alpha value is -0.357. The third-order valence-electron chi connectivity index (χ3n) is 3.19. The van der Waals surface area contributed by atoms with E-state index >= 15 is 0 Å². The maximum atomic E-state index is 2.31. The number of hydrogen-bond donors (Lipinski definition) is 0. The number of hydrogen-bond acceptors (Lipinski definition) is 0. The van der Waals surface area contributed by atoms with Crippen LogP contribution in [-0.2, 0) is 24.2 Å². The molecule has 0 N–H and O–H groups in total. The topological polar surface area (TPSA) is 0 Å². The average Bonchev–Trinajstić information content (AvgIpc) is 2.97. The van der Waals surface area contributed by atoms with Gasteiger partial charge in [-0.1, -0.05) is 43.4 Å². The molecule has 0 aliphatic heterocycles. The minimum Gasteiger partial charge on any atom is -1.00 e. The molecular formula is C18H19Cl2Zr-. The zero-order valence-electron chi connectivity index (χ0n) is 12.6. The fraction of sp³-hybridized carbons (Fsp3) is 0.222. The summed E-state index contributed by atoms with van der Waals surface area (Å²) in [7, 11) is 0. The van der Waals surface area contributed by atoms with Gasteiger partial charge in [-0.25, -0.2) is 0 Å². The maximum absolute atomic E-state index is 2.31. The molecule has 0 fully saturated rings. The van der Waals surface area contributed by atoms with Gasteiger partial charge in [0.25, 0.3) is 0 Å². The molecule has 0 atom stereocenters. The van der Waals surface area contributed by atoms with E-state index in [1.807, 2.05) is 0 Å². The maximum Gasteiger partial charge on any atom is -0.0365 e. The first-order valence-electron chi connectivity index (χ1n) is 6.62. The van der Waals surface area contributed by atoms with Crippen molar-refractivity contribution >= 4 is 19.6 Å². The number of allylic oxidation sites excluding steroid dienone is 4. The second-order valence-corrected chi connectivity index (χ2v) is 7.55. The predicted octanol–water partition coefficient (Wildman–Crippen LogP) is -1.04. The molecule has 0 bridgehead atoms. The molecule has 0 saturated carbocycles. The molecule has 3 heteroatoms. The zero-order valence-corrected chi connectivity index (χ0v) is 16.6. The first-order valence-corrected chi connectivity index (χ1v) is 7.85. The van der Waals surface area contributed by atoms with Crippen LogP contribution in [0.1, 0.15) is 31.4 Å².